The third-order valence-electron chi connectivity index (χ3n) is 0.906. The van der Waals surface area contributed by atoms with Crippen molar-refractivity contribution in [3.63, 3.8) is 0 Å². The Kier molecular flexibility index (Phi) is 3.55. The molecule has 48 valence electrons. The summed E-state index contributed by atoms with van der Waals surface area (Å²) in [6.07, 6.45) is 1.98. The van der Waals surface area contributed by atoms with Gasteiger partial charge in [-0.2, -0.15) is 0 Å². The van der Waals surface area contributed by atoms with E-state index >= 15 is 0 Å². The molecule has 0 rings (SSSR count). The minimum atomic E-state index is 0.913. The van der Waals surface area contributed by atoms with E-state index in [2.05, 4.69) is 18.4 Å². The van der Waals surface area contributed by atoms with Gasteiger partial charge in [0.1, 0.15) is 0 Å². The minimum Gasteiger partial charge on any atom is -0.0877 e. The van der Waals surface area contributed by atoms with Crippen LogP contribution in [0.5, 0.6) is 0 Å². The van der Waals surface area contributed by atoms with Gasteiger partial charge in [-0.3, -0.25) is 0 Å². The molecule has 9 heavy (non-hydrogen) atoms. The zero-order chi connectivity index (χ0) is 7.28. The largest absolute Gasteiger partial charge is 0.0877 e. The van der Waals surface area contributed by atoms with Gasteiger partial charge < -0.3 is 0 Å². The number of hydrogen-bond acceptors (Lipinski definition) is 0. The quantitative estimate of drug-likeness (QED) is 0.431. The topological polar surface area (TPSA) is 0 Å². The summed E-state index contributed by atoms with van der Waals surface area (Å²) in [5.74, 6) is 5.83. The molecule has 0 heteroatoms. The second-order valence-corrected chi connectivity index (χ2v) is 2.00. The molecule has 0 nitrogen and oxygen atoms in total. The van der Waals surface area contributed by atoms with E-state index in [1.54, 1.807) is 0 Å². The van der Waals surface area contributed by atoms with Crippen LogP contribution >= 0.6 is 0 Å². The van der Waals surface area contributed by atoms with Crippen molar-refractivity contribution in [2.45, 2.75) is 20.8 Å². The van der Waals surface area contributed by atoms with Crippen molar-refractivity contribution < 1.29 is 0 Å². The van der Waals surface area contributed by atoms with Gasteiger partial charge in [0.05, 0.1) is 0 Å². The third kappa shape index (κ3) is 4.90. The fraction of sp³-hybridized carbons (Fsp3) is 0.333. The van der Waals surface area contributed by atoms with Gasteiger partial charge in [-0.05, 0) is 31.9 Å². The molecule has 0 radical (unpaired) electrons. The van der Waals surface area contributed by atoms with Crippen LogP contribution in [0.4, 0.5) is 0 Å². The first kappa shape index (κ1) is 8.04. The van der Waals surface area contributed by atoms with E-state index in [4.69, 9.17) is 0 Å². The van der Waals surface area contributed by atoms with E-state index in [0.29, 0.717) is 0 Å². The Labute approximate surface area is 57.3 Å². The predicted molar refractivity (Wildman–Crippen MR) is 42.0 cm³/mol. The molecular weight excluding hydrogens is 108 g/mol. The van der Waals surface area contributed by atoms with Crippen LogP contribution < -0.4 is 0 Å². The van der Waals surface area contributed by atoms with Crippen LogP contribution in [0.1, 0.15) is 20.8 Å². The normalized spacial score (nSPS) is 9.89. The van der Waals surface area contributed by atoms with Crippen molar-refractivity contribution in [1.82, 2.24) is 0 Å². The molecule has 0 atom stereocenters. The highest BCUT2D eigenvalue weighted by atomic mass is 13.8. The van der Waals surface area contributed by atoms with E-state index in [9.17, 15) is 0 Å². The SMILES string of the molecule is C=C(C)C#CC(C)=CC. The van der Waals surface area contributed by atoms with Gasteiger partial charge in [-0.15, -0.1) is 0 Å². The van der Waals surface area contributed by atoms with Crippen LogP contribution in [0.3, 0.4) is 0 Å². The maximum Gasteiger partial charge on any atom is -0.00498 e. The average molecular weight is 120 g/mol. The molecule has 0 aromatic carbocycles. The molecule has 0 saturated carbocycles. The van der Waals surface area contributed by atoms with Crippen molar-refractivity contribution in [1.29, 1.82) is 0 Å². The molecular formula is C9H12. The summed E-state index contributed by atoms with van der Waals surface area (Å²) in [6, 6.07) is 0. The van der Waals surface area contributed by atoms with Crippen molar-refractivity contribution in [3.8, 4) is 11.8 Å². The van der Waals surface area contributed by atoms with Gasteiger partial charge in [0.25, 0.3) is 0 Å². The molecule has 0 aromatic rings. The van der Waals surface area contributed by atoms with Crippen LogP contribution in [0.25, 0.3) is 0 Å². The van der Waals surface area contributed by atoms with Crippen LogP contribution in [0, 0.1) is 11.8 Å². The predicted octanol–water partition coefficient (Wildman–Crippen LogP) is 2.53. The molecule has 0 aliphatic rings. The van der Waals surface area contributed by atoms with Gasteiger partial charge in [0.15, 0.2) is 0 Å². The third-order valence-corrected chi connectivity index (χ3v) is 0.906. The lowest BCUT2D eigenvalue weighted by molar-refractivity contribution is 1.51. The summed E-state index contributed by atoms with van der Waals surface area (Å²) in [7, 11) is 0. The first-order chi connectivity index (χ1) is 4.16. The highest BCUT2D eigenvalue weighted by molar-refractivity contribution is 5.34. The fourth-order valence-electron chi connectivity index (χ4n) is 0.277. The van der Waals surface area contributed by atoms with Crippen LogP contribution in [-0.2, 0) is 0 Å². The molecule has 0 bridgehead atoms. The van der Waals surface area contributed by atoms with E-state index in [1.165, 1.54) is 0 Å². The Balaban J connectivity index is 4.04. The fourth-order valence-corrected chi connectivity index (χ4v) is 0.277. The number of rotatable bonds is 0. The molecule has 0 N–H and O–H groups in total. The molecule has 0 unspecified atom stereocenters. The molecule has 0 amide bonds. The van der Waals surface area contributed by atoms with E-state index < -0.39 is 0 Å². The molecule has 0 heterocycles. The highest BCUT2D eigenvalue weighted by Gasteiger charge is 1.73. The Bertz CT molecular complexity index is 184. The summed E-state index contributed by atoms with van der Waals surface area (Å²) in [5, 5.41) is 0. The summed E-state index contributed by atoms with van der Waals surface area (Å²) < 4.78 is 0. The lowest BCUT2D eigenvalue weighted by Crippen LogP contribution is -1.66. The first-order valence-electron chi connectivity index (χ1n) is 2.97. The van der Waals surface area contributed by atoms with Gasteiger partial charge in [0, 0.05) is 0 Å². The maximum absolute atomic E-state index is 3.66. The van der Waals surface area contributed by atoms with Crippen molar-refractivity contribution >= 4 is 0 Å². The van der Waals surface area contributed by atoms with Crippen LogP contribution in [0.15, 0.2) is 23.8 Å². The Hall–Kier alpha value is -0.960. The van der Waals surface area contributed by atoms with E-state index in [0.717, 1.165) is 11.1 Å². The van der Waals surface area contributed by atoms with E-state index in [1.807, 2.05) is 26.8 Å². The average Bonchev–Trinajstić information content (AvgIpc) is 1.83. The summed E-state index contributed by atoms with van der Waals surface area (Å²) in [5.41, 5.74) is 2.01. The Morgan fingerprint density at radius 1 is 1.33 bits per heavy atom. The molecule has 0 aliphatic carbocycles. The van der Waals surface area contributed by atoms with E-state index in [-0.39, 0.29) is 0 Å². The summed E-state index contributed by atoms with van der Waals surface area (Å²) in [4.78, 5) is 0. The van der Waals surface area contributed by atoms with Crippen LogP contribution in [-0.4, -0.2) is 0 Å². The molecule has 0 aliphatic heterocycles. The van der Waals surface area contributed by atoms with Gasteiger partial charge >= 0.3 is 0 Å². The van der Waals surface area contributed by atoms with Gasteiger partial charge in [-0.25, -0.2) is 0 Å². The number of allylic oxidation sites excluding steroid dienone is 3. The zero-order valence-electron chi connectivity index (χ0n) is 6.28. The monoisotopic (exact) mass is 120 g/mol. The summed E-state index contributed by atoms with van der Waals surface area (Å²) >= 11 is 0. The summed E-state index contributed by atoms with van der Waals surface area (Å²) in [6.45, 7) is 9.52. The lowest BCUT2D eigenvalue weighted by atomic mass is 10.2. The Morgan fingerprint density at radius 3 is 2.22 bits per heavy atom. The van der Waals surface area contributed by atoms with Crippen molar-refractivity contribution in [2.24, 2.45) is 0 Å². The molecule has 0 fully saturated rings. The van der Waals surface area contributed by atoms with Gasteiger partial charge in [0.2, 0.25) is 0 Å². The molecule has 0 spiro atoms. The smallest absolute Gasteiger partial charge is 0.00498 e. The maximum atomic E-state index is 3.66. The van der Waals surface area contributed by atoms with Crippen LogP contribution in [0.2, 0.25) is 0 Å². The van der Waals surface area contributed by atoms with Crippen molar-refractivity contribution in [3.05, 3.63) is 23.8 Å². The van der Waals surface area contributed by atoms with Gasteiger partial charge in [-0.1, -0.05) is 24.5 Å². The second-order valence-electron chi connectivity index (χ2n) is 2.00. The Morgan fingerprint density at radius 2 is 1.89 bits per heavy atom. The molecule has 0 saturated heterocycles. The first-order valence-corrected chi connectivity index (χ1v) is 2.97. The molecule has 0 aromatic heterocycles. The van der Waals surface area contributed by atoms with Crippen molar-refractivity contribution in [2.75, 3.05) is 0 Å². The standard InChI is InChI=1S/C9H12/c1-5-9(4)7-6-8(2)3/h5H,2H2,1,3-4H3. The lowest BCUT2D eigenvalue weighted by Gasteiger charge is -1.80. The minimum absolute atomic E-state index is 0.913. The zero-order valence-corrected chi connectivity index (χ0v) is 6.28. The number of hydrogen-bond donors (Lipinski definition) is 0. The highest BCUT2D eigenvalue weighted by Crippen LogP contribution is 1.88. The second kappa shape index (κ2) is 3.97.